The summed E-state index contributed by atoms with van der Waals surface area (Å²) in [5, 5.41) is 9.09. The molecular formula is C9H6ClFO. The van der Waals surface area contributed by atoms with E-state index in [2.05, 4.69) is 5.92 Å². The zero-order valence-electron chi connectivity index (χ0n) is 6.09. The summed E-state index contributed by atoms with van der Waals surface area (Å²) in [4.78, 5) is 0. The molecule has 1 nitrogen and oxygen atoms in total. The normalized spacial score (nSPS) is 12.2. The average Bonchev–Trinajstić information content (AvgIpc) is 2.08. The fourth-order valence-electron chi connectivity index (χ4n) is 0.779. The summed E-state index contributed by atoms with van der Waals surface area (Å²) in [6.45, 7) is 0. The van der Waals surface area contributed by atoms with Crippen molar-refractivity contribution in [3.8, 4) is 12.3 Å². The number of halogens is 2. The summed E-state index contributed by atoms with van der Waals surface area (Å²) in [7, 11) is 0. The van der Waals surface area contributed by atoms with Crippen molar-refractivity contribution in [3.05, 3.63) is 34.6 Å². The predicted octanol–water partition coefficient (Wildman–Crippen LogP) is 2.15. The Balaban J connectivity index is 3.06. The first kappa shape index (κ1) is 9.05. The molecule has 0 amide bonds. The molecule has 1 atom stereocenters. The molecule has 0 aliphatic rings. The molecule has 1 rings (SSSR count). The monoisotopic (exact) mass is 184 g/mol. The van der Waals surface area contributed by atoms with E-state index in [1.54, 1.807) is 0 Å². The van der Waals surface area contributed by atoms with Gasteiger partial charge in [-0.2, -0.15) is 0 Å². The van der Waals surface area contributed by atoms with Crippen molar-refractivity contribution in [1.29, 1.82) is 0 Å². The smallest absolute Gasteiger partial charge is 0.141 e. The Morgan fingerprint density at radius 1 is 1.58 bits per heavy atom. The molecular weight excluding hydrogens is 179 g/mol. The molecule has 0 radical (unpaired) electrons. The maximum Gasteiger partial charge on any atom is 0.141 e. The highest BCUT2D eigenvalue weighted by Gasteiger charge is 2.06. The first-order chi connectivity index (χ1) is 5.65. The molecule has 0 unspecified atom stereocenters. The summed E-state index contributed by atoms with van der Waals surface area (Å²) in [6.07, 6.45) is 3.93. The van der Waals surface area contributed by atoms with Crippen LogP contribution in [0.1, 0.15) is 11.7 Å². The van der Waals surface area contributed by atoms with Crippen LogP contribution in [-0.2, 0) is 0 Å². The first-order valence-corrected chi connectivity index (χ1v) is 3.62. The van der Waals surface area contributed by atoms with E-state index in [9.17, 15) is 4.39 Å². The summed E-state index contributed by atoms with van der Waals surface area (Å²) >= 11 is 5.46. The lowest BCUT2D eigenvalue weighted by atomic mass is 10.1. The lowest BCUT2D eigenvalue weighted by molar-refractivity contribution is 0.238. The molecule has 0 spiro atoms. The van der Waals surface area contributed by atoms with Crippen LogP contribution in [-0.4, -0.2) is 5.11 Å². The highest BCUT2D eigenvalue weighted by atomic mass is 35.5. The van der Waals surface area contributed by atoms with E-state index in [0.29, 0.717) is 5.56 Å². The third-order valence-corrected chi connectivity index (χ3v) is 1.71. The fourth-order valence-corrected chi connectivity index (χ4v) is 0.968. The summed E-state index contributed by atoms with van der Waals surface area (Å²) in [5.41, 5.74) is 0.420. The lowest BCUT2D eigenvalue weighted by Crippen LogP contribution is -1.93. The van der Waals surface area contributed by atoms with Crippen molar-refractivity contribution in [2.24, 2.45) is 0 Å². The second-order valence-electron chi connectivity index (χ2n) is 2.24. The number of hydrogen-bond acceptors (Lipinski definition) is 1. The minimum Gasteiger partial charge on any atom is -0.376 e. The number of terminal acetylenes is 1. The zero-order chi connectivity index (χ0) is 9.14. The van der Waals surface area contributed by atoms with Crippen LogP contribution in [0.5, 0.6) is 0 Å². The molecule has 12 heavy (non-hydrogen) atoms. The van der Waals surface area contributed by atoms with Gasteiger partial charge in [-0.15, -0.1) is 6.42 Å². The Morgan fingerprint density at radius 3 is 2.75 bits per heavy atom. The number of aliphatic hydroxyl groups is 1. The van der Waals surface area contributed by atoms with E-state index in [1.165, 1.54) is 12.1 Å². The molecule has 1 N–H and O–H groups in total. The van der Waals surface area contributed by atoms with Gasteiger partial charge in [-0.3, -0.25) is 0 Å². The minimum atomic E-state index is -1.02. The van der Waals surface area contributed by atoms with Gasteiger partial charge < -0.3 is 5.11 Å². The van der Waals surface area contributed by atoms with Crippen molar-refractivity contribution < 1.29 is 9.50 Å². The molecule has 62 valence electrons. The van der Waals surface area contributed by atoms with Crippen LogP contribution < -0.4 is 0 Å². The van der Waals surface area contributed by atoms with Crippen LogP contribution in [0.2, 0.25) is 5.02 Å². The summed E-state index contributed by atoms with van der Waals surface area (Å²) in [5.74, 6) is 1.58. The number of aliphatic hydroxyl groups excluding tert-OH is 1. The van der Waals surface area contributed by atoms with E-state index in [1.807, 2.05) is 0 Å². The van der Waals surface area contributed by atoms with Gasteiger partial charge in [0.1, 0.15) is 11.9 Å². The van der Waals surface area contributed by atoms with Gasteiger partial charge in [0.15, 0.2) is 0 Å². The average molecular weight is 185 g/mol. The van der Waals surface area contributed by atoms with Crippen molar-refractivity contribution in [2.75, 3.05) is 0 Å². The quantitative estimate of drug-likeness (QED) is 0.663. The van der Waals surface area contributed by atoms with Crippen molar-refractivity contribution in [3.63, 3.8) is 0 Å². The van der Waals surface area contributed by atoms with Gasteiger partial charge in [0.05, 0.1) is 5.02 Å². The SMILES string of the molecule is C#C[C@H](O)c1ccc(F)c(Cl)c1. The van der Waals surface area contributed by atoms with E-state index < -0.39 is 11.9 Å². The van der Waals surface area contributed by atoms with Crippen LogP contribution in [0.4, 0.5) is 4.39 Å². The van der Waals surface area contributed by atoms with Crippen molar-refractivity contribution in [1.82, 2.24) is 0 Å². The predicted molar refractivity (Wildman–Crippen MR) is 45.2 cm³/mol. The molecule has 1 aromatic rings. The van der Waals surface area contributed by atoms with Crippen LogP contribution >= 0.6 is 11.6 Å². The maximum atomic E-state index is 12.6. The maximum absolute atomic E-state index is 12.6. The lowest BCUT2D eigenvalue weighted by Gasteiger charge is -2.03. The van der Waals surface area contributed by atoms with E-state index in [4.69, 9.17) is 23.1 Å². The molecule has 0 aromatic heterocycles. The largest absolute Gasteiger partial charge is 0.376 e. The zero-order valence-corrected chi connectivity index (χ0v) is 6.85. The molecule has 0 saturated heterocycles. The Hall–Kier alpha value is -1.04. The van der Waals surface area contributed by atoms with E-state index >= 15 is 0 Å². The van der Waals surface area contributed by atoms with Crippen LogP contribution in [0.15, 0.2) is 18.2 Å². The van der Waals surface area contributed by atoms with Crippen molar-refractivity contribution >= 4 is 11.6 Å². The highest BCUT2D eigenvalue weighted by molar-refractivity contribution is 6.30. The summed E-state index contributed by atoms with van der Waals surface area (Å²) < 4.78 is 12.6. The Labute approximate surface area is 74.8 Å². The third-order valence-electron chi connectivity index (χ3n) is 1.42. The topological polar surface area (TPSA) is 20.2 Å². The molecule has 0 heterocycles. The van der Waals surface area contributed by atoms with E-state index in [-0.39, 0.29) is 5.02 Å². The minimum absolute atomic E-state index is 0.0400. The number of benzene rings is 1. The van der Waals surface area contributed by atoms with Gasteiger partial charge in [-0.1, -0.05) is 23.6 Å². The van der Waals surface area contributed by atoms with Crippen molar-refractivity contribution in [2.45, 2.75) is 6.10 Å². The number of hydrogen-bond donors (Lipinski definition) is 1. The first-order valence-electron chi connectivity index (χ1n) is 3.24. The Morgan fingerprint density at radius 2 is 2.25 bits per heavy atom. The molecule has 0 aliphatic heterocycles. The second-order valence-corrected chi connectivity index (χ2v) is 2.65. The molecule has 3 heteroatoms. The van der Waals surface area contributed by atoms with Gasteiger partial charge >= 0.3 is 0 Å². The van der Waals surface area contributed by atoms with Gasteiger partial charge in [-0.25, -0.2) is 4.39 Å². The third kappa shape index (κ3) is 1.76. The van der Waals surface area contributed by atoms with Gasteiger partial charge in [0.25, 0.3) is 0 Å². The number of rotatable bonds is 1. The van der Waals surface area contributed by atoms with Gasteiger partial charge in [-0.05, 0) is 17.7 Å². The molecule has 0 aliphatic carbocycles. The van der Waals surface area contributed by atoms with Gasteiger partial charge in [0.2, 0.25) is 0 Å². The standard InChI is InChI=1S/C9H6ClFO/c1-2-9(12)6-3-4-8(11)7(10)5-6/h1,3-5,9,12H/t9-/m0/s1. The summed E-state index contributed by atoms with van der Waals surface area (Å²) in [6, 6.07) is 3.87. The Kier molecular flexibility index (Phi) is 2.69. The van der Waals surface area contributed by atoms with Gasteiger partial charge in [0, 0.05) is 0 Å². The van der Waals surface area contributed by atoms with Crippen LogP contribution in [0.25, 0.3) is 0 Å². The molecule has 0 bridgehead atoms. The van der Waals surface area contributed by atoms with Crippen LogP contribution in [0.3, 0.4) is 0 Å². The fraction of sp³-hybridized carbons (Fsp3) is 0.111. The highest BCUT2D eigenvalue weighted by Crippen LogP contribution is 2.20. The molecule has 0 fully saturated rings. The molecule has 1 aromatic carbocycles. The van der Waals surface area contributed by atoms with E-state index in [0.717, 1.165) is 6.07 Å². The Bertz CT molecular complexity index is 330. The second kappa shape index (κ2) is 3.57. The van der Waals surface area contributed by atoms with Crippen LogP contribution in [0, 0.1) is 18.2 Å². The molecule has 0 saturated carbocycles.